The van der Waals surface area contributed by atoms with Gasteiger partial charge in [0.15, 0.2) is 11.5 Å². The van der Waals surface area contributed by atoms with Gasteiger partial charge in [0.2, 0.25) is 5.75 Å². The molecule has 2 aromatic carbocycles. The molecule has 1 saturated heterocycles. The number of methoxy groups -OCH3 is 1. The Bertz CT molecular complexity index is 849. The number of hydrogen-bond acceptors (Lipinski definition) is 6. The highest BCUT2D eigenvalue weighted by molar-refractivity contribution is 5.96. The summed E-state index contributed by atoms with van der Waals surface area (Å²) in [6.07, 6.45) is 0. The molecule has 30 heavy (non-hydrogen) atoms. The molecule has 1 amide bonds. The largest absolute Gasteiger partial charge is 0.493 e. The summed E-state index contributed by atoms with van der Waals surface area (Å²) < 4.78 is 16.8. The van der Waals surface area contributed by atoms with E-state index >= 15 is 0 Å². The van der Waals surface area contributed by atoms with Crippen LogP contribution in [0, 0.1) is 0 Å². The maximum absolute atomic E-state index is 13.2. The second kappa shape index (κ2) is 9.36. The Balaban J connectivity index is 1.54. The normalized spacial score (nSPS) is 17.9. The third-order valence-corrected chi connectivity index (χ3v) is 5.63. The minimum atomic E-state index is -0.159. The van der Waals surface area contributed by atoms with Crippen molar-refractivity contribution in [2.75, 3.05) is 60.1 Å². The van der Waals surface area contributed by atoms with Gasteiger partial charge in [0.25, 0.3) is 5.91 Å². The fourth-order valence-electron chi connectivity index (χ4n) is 3.85. The number of likely N-dealkylation sites (N-methyl/N-ethyl adjacent to an activating group) is 1. The Morgan fingerprint density at radius 3 is 2.57 bits per heavy atom. The van der Waals surface area contributed by atoms with Gasteiger partial charge in [-0.05, 0) is 24.7 Å². The van der Waals surface area contributed by atoms with E-state index in [1.165, 1.54) is 0 Å². The summed E-state index contributed by atoms with van der Waals surface area (Å²) in [5, 5.41) is 3.22. The highest BCUT2D eigenvalue weighted by Crippen LogP contribution is 2.40. The number of carbonyl (C=O) groups is 1. The van der Waals surface area contributed by atoms with Gasteiger partial charge >= 0.3 is 0 Å². The SMILES string of the molecule is COc1cc(C(=O)NC(CN2CCN(C)CC2)c2ccccc2)cc2c1OCCO2. The van der Waals surface area contributed by atoms with Crippen LogP contribution < -0.4 is 19.5 Å². The molecule has 1 fully saturated rings. The first kappa shape index (κ1) is 20.5. The zero-order valence-corrected chi connectivity index (χ0v) is 17.6. The summed E-state index contributed by atoms with van der Waals surface area (Å²) in [6.45, 7) is 5.75. The molecule has 2 aromatic rings. The van der Waals surface area contributed by atoms with Gasteiger partial charge in [-0.1, -0.05) is 30.3 Å². The maximum atomic E-state index is 13.2. The van der Waals surface area contributed by atoms with Crippen molar-refractivity contribution < 1.29 is 19.0 Å². The number of fused-ring (bicyclic) bond motifs is 1. The molecule has 0 spiro atoms. The fraction of sp³-hybridized carbons (Fsp3) is 0.435. The smallest absolute Gasteiger partial charge is 0.252 e. The first-order valence-corrected chi connectivity index (χ1v) is 10.4. The van der Waals surface area contributed by atoms with Gasteiger partial charge in [0, 0.05) is 38.3 Å². The van der Waals surface area contributed by atoms with Crippen LogP contribution in [0.1, 0.15) is 22.0 Å². The summed E-state index contributed by atoms with van der Waals surface area (Å²) in [6, 6.07) is 13.4. The second-order valence-electron chi connectivity index (χ2n) is 7.74. The molecule has 2 heterocycles. The van der Waals surface area contributed by atoms with Crippen molar-refractivity contribution >= 4 is 5.91 Å². The molecule has 1 atom stereocenters. The van der Waals surface area contributed by atoms with Crippen molar-refractivity contribution in [3.63, 3.8) is 0 Å². The van der Waals surface area contributed by atoms with Crippen molar-refractivity contribution in [1.82, 2.24) is 15.1 Å². The first-order valence-electron chi connectivity index (χ1n) is 10.4. The van der Waals surface area contributed by atoms with Crippen molar-refractivity contribution in [2.45, 2.75) is 6.04 Å². The Morgan fingerprint density at radius 2 is 1.83 bits per heavy atom. The van der Waals surface area contributed by atoms with E-state index in [2.05, 4.69) is 34.3 Å². The summed E-state index contributed by atoms with van der Waals surface area (Å²) >= 11 is 0. The number of nitrogens with zero attached hydrogens (tertiary/aromatic N) is 2. The van der Waals surface area contributed by atoms with Gasteiger partial charge in [-0.25, -0.2) is 0 Å². The summed E-state index contributed by atoms with van der Waals surface area (Å²) in [4.78, 5) is 17.9. The van der Waals surface area contributed by atoms with Crippen LogP contribution in [0.15, 0.2) is 42.5 Å². The van der Waals surface area contributed by atoms with Crippen molar-refractivity contribution in [1.29, 1.82) is 0 Å². The van der Waals surface area contributed by atoms with E-state index in [9.17, 15) is 4.79 Å². The van der Waals surface area contributed by atoms with Gasteiger partial charge in [-0.2, -0.15) is 0 Å². The molecule has 0 radical (unpaired) electrons. The molecule has 1 N–H and O–H groups in total. The molecule has 0 aromatic heterocycles. The highest BCUT2D eigenvalue weighted by Gasteiger charge is 2.24. The van der Waals surface area contributed by atoms with Gasteiger partial charge in [0.1, 0.15) is 13.2 Å². The van der Waals surface area contributed by atoms with Crippen LogP contribution in [0.3, 0.4) is 0 Å². The standard InChI is InChI=1S/C23H29N3O4/c1-25-8-10-26(11-9-25)16-19(17-6-4-3-5-7-17)24-23(27)18-14-20(28-2)22-21(15-18)29-12-13-30-22/h3-7,14-15,19H,8-13,16H2,1-2H3,(H,24,27). The lowest BCUT2D eigenvalue weighted by atomic mass is 10.0. The molecule has 7 heteroatoms. The van der Waals surface area contributed by atoms with Gasteiger partial charge < -0.3 is 24.4 Å². The maximum Gasteiger partial charge on any atom is 0.252 e. The summed E-state index contributed by atoms with van der Waals surface area (Å²) in [7, 11) is 3.71. The zero-order chi connectivity index (χ0) is 20.9. The third-order valence-electron chi connectivity index (χ3n) is 5.63. The number of piperazine rings is 1. The fourth-order valence-corrected chi connectivity index (χ4v) is 3.85. The van der Waals surface area contributed by atoms with E-state index in [1.807, 2.05) is 18.2 Å². The third kappa shape index (κ3) is 4.68. The average Bonchev–Trinajstić information content (AvgIpc) is 2.79. The number of benzene rings is 2. The van der Waals surface area contributed by atoms with E-state index < -0.39 is 0 Å². The number of rotatable bonds is 6. The van der Waals surface area contributed by atoms with E-state index in [4.69, 9.17) is 14.2 Å². The minimum Gasteiger partial charge on any atom is -0.493 e. The Labute approximate surface area is 177 Å². The number of hydrogen-bond donors (Lipinski definition) is 1. The van der Waals surface area contributed by atoms with Crippen LogP contribution >= 0.6 is 0 Å². The molecular weight excluding hydrogens is 382 g/mol. The molecule has 4 rings (SSSR count). The highest BCUT2D eigenvalue weighted by atomic mass is 16.6. The topological polar surface area (TPSA) is 63.3 Å². The molecular formula is C23H29N3O4. The Hall–Kier alpha value is -2.77. The summed E-state index contributed by atoms with van der Waals surface area (Å²) in [5.74, 6) is 1.44. The molecule has 0 aliphatic carbocycles. The van der Waals surface area contributed by atoms with Crippen molar-refractivity contribution in [3.8, 4) is 17.2 Å². The van der Waals surface area contributed by atoms with E-state index in [-0.39, 0.29) is 11.9 Å². The number of amides is 1. The zero-order valence-electron chi connectivity index (χ0n) is 17.6. The molecule has 1 unspecified atom stereocenters. The van der Waals surface area contributed by atoms with Crippen LogP contribution in [0.25, 0.3) is 0 Å². The Morgan fingerprint density at radius 1 is 1.10 bits per heavy atom. The van der Waals surface area contributed by atoms with Crippen LogP contribution in [0.2, 0.25) is 0 Å². The van der Waals surface area contributed by atoms with Gasteiger partial charge in [-0.15, -0.1) is 0 Å². The van der Waals surface area contributed by atoms with Crippen molar-refractivity contribution in [3.05, 3.63) is 53.6 Å². The molecule has 7 nitrogen and oxygen atoms in total. The molecule has 160 valence electrons. The lowest BCUT2D eigenvalue weighted by molar-refractivity contribution is 0.0905. The lowest BCUT2D eigenvalue weighted by Crippen LogP contribution is -2.47. The van der Waals surface area contributed by atoms with Gasteiger partial charge in [-0.3, -0.25) is 9.69 Å². The van der Waals surface area contributed by atoms with Crippen LogP contribution in [0.5, 0.6) is 17.2 Å². The van der Waals surface area contributed by atoms with Crippen LogP contribution in [-0.4, -0.2) is 75.8 Å². The molecule has 0 bridgehead atoms. The summed E-state index contributed by atoms with van der Waals surface area (Å²) in [5.41, 5.74) is 1.59. The molecule has 0 saturated carbocycles. The number of nitrogens with one attached hydrogen (secondary N) is 1. The monoisotopic (exact) mass is 411 g/mol. The quantitative estimate of drug-likeness (QED) is 0.786. The predicted molar refractivity (Wildman–Crippen MR) is 115 cm³/mol. The van der Waals surface area contributed by atoms with E-state index in [1.54, 1.807) is 19.2 Å². The lowest BCUT2D eigenvalue weighted by Gasteiger charge is -2.35. The van der Waals surface area contributed by atoms with Gasteiger partial charge in [0.05, 0.1) is 13.2 Å². The number of ether oxygens (including phenoxy) is 3. The second-order valence-corrected chi connectivity index (χ2v) is 7.74. The molecule has 2 aliphatic rings. The number of carbonyl (C=O) groups excluding carboxylic acids is 1. The average molecular weight is 412 g/mol. The van der Waals surface area contributed by atoms with Crippen LogP contribution in [-0.2, 0) is 0 Å². The first-order chi connectivity index (χ1) is 14.6. The van der Waals surface area contributed by atoms with E-state index in [0.717, 1.165) is 38.3 Å². The minimum absolute atomic E-state index is 0.110. The Kier molecular flexibility index (Phi) is 6.40. The van der Waals surface area contributed by atoms with Crippen LogP contribution in [0.4, 0.5) is 0 Å². The molecule has 2 aliphatic heterocycles. The predicted octanol–water partition coefficient (Wildman–Crippen LogP) is 2.18. The van der Waals surface area contributed by atoms with Crippen molar-refractivity contribution in [2.24, 2.45) is 0 Å². The van der Waals surface area contributed by atoms with E-state index in [0.29, 0.717) is 36.0 Å².